The average Bonchev–Trinajstić information content (AvgIpc) is 2.50. The van der Waals surface area contributed by atoms with Gasteiger partial charge in [0.2, 0.25) is 0 Å². The molecule has 2 rings (SSSR count). The number of carbonyl (C=O) groups is 1. The summed E-state index contributed by atoms with van der Waals surface area (Å²) in [5, 5.41) is 0. The lowest BCUT2D eigenvalue weighted by molar-refractivity contribution is 0.101. The Bertz CT molecular complexity index is 783. The molecule has 1 N–H and O–H groups in total. The van der Waals surface area contributed by atoms with Gasteiger partial charge in [0.25, 0.3) is 0 Å². The van der Waals surface area contributed by atoms with Gasteiger partial charge in [-0.15, -0.1) is 0 Å². The second-order valence-corrected chi connectivity index (χ2v) is 5.61. The Morgan fingerprint density at radius 1 is 1.25 bits per heavy atom. The van der Waals surface area contributed by atoms with Gasteiger partial charge >= 0.3 is 0 Å². The molecule has 1 unspecified atom stereocenters. The summed E-state index contributed by atoms with van der Waals surface area (Å²) < 4.78 is 55.4. The molecule has 0 aliphatic rings. The van der Waals surface area contributed by atoms with Crippen LogP contribution in [0.15, 0.2) is 36.4 Å². The van der Waals surface area contributed by atoms with Crippen LogP contribution in [-0.4, -0.2) is 21.2 Å². The van der Waals surface area contributed by atoms with Crippen LogP contribution >= 0.6 is 0 Å². The maximum Gasteiger partial charge on any atom is 0.167 e. The zero-order valence-corrected chi connectivity index (χ0v) is 13.5. The van der Waals surface area contributed by atoms with E-state index in [1.807, 2.05) is 0 Å². The molecule has 8 heteroatoms. The molecule has 0 fully saturated rings. The fraction of sp³-hybridized carbons (Fsp3) is 0.188. The van der Waals surface area contributed by atoms with Crippen LogP contribution in [0.25, 0.3) is 0 Å². The number of ketones is 1. The Hall–Kier alpha value is -2.32. The summed E-state index contributed by atoms with van der Waals surface area (Å²) in [7, 11) is 0. The van der Waals surface area contributed by atoms with Crippen molar-refractivity contribution >= 4 is 22.7 Å². The first-order chi connectivity index (χ1) is 11.4. The van der Waals surface area contributed by atoms with E-state index in [1.54, 1.807) is 6.07 Å². The Balaban J connectivity index is 2.13. The molecule has 0 spiro atoms. The highest BCUT2D eigenvalue weighted by Crippen LogP contribution is 2.21. The zero-order valence-electron chi connectivity index (χ0n) is 12.7. The highest BCUT2D eigenvalue weighted by molar-refractivity contribution is 7.80. The van der Waals surface area contributed by atoms with Crippen molar-refractivity contribution in [1.29, 1.82) is 0 Å². The minimum atomic E-state index is -2.52. The molecule has 0 bridgehead atoms. The van der Waals surface area contributed by atoms with Crippen LogP contribution in [0.4, 0.5) is 14.5 Å². The second kappa shape index (κ2) is 7.98. The van der Waals surface area contributed by atoms with Gasteiger partial charge < -0.3 is 14.0 Å². The van der Waals surface area contributed by atoms with Gasteiger partial charge in [0.15, 0.2) is 17.3 Å². The number of hydrogen-bond acceptors (Lipinski definition) is 4. The first-order valence-electron chi connectivity index (χ1n) is 6.94. The minimum absolute atomic E-state index is 0.0179. The molecule has 0 saturated carbocycles. The van der Waals surface area contributed by atoms with E-state index in [0.717, 1.165) is 6.07 Å². The smallest absolute Gasteiger partial charge is 0.167 e. The van der Waals surface area contributed by atoms with Gasteiger partial charge in [0.05, 0.1) is 6.61 Å². The van der Waals surface area contributed by atoms with Crippen LogP contribution in [-0.2, 0) is 17.7 Å². The predicted octanol–water partition coefficient (Wildman–Crippen LogP) is 2.99. The summed E-state index contributed by atoms with van der Waals surface area (Å²) in [6.45, 7) is 1.41. The van der Waals surface area contributed by atoms with Crippen molar-refractivity contribution in [3.8, 4) is 5.75 Å². The van der Waals surface area contributed by atoms with E-state index in [-0.39, 0.29) is 24.6 Å². The molecule has 24 heavy (non-hydrogen) atoms. The Labute approximate surface area is 140 Å². The lowest BCUT2D eigenvalue weighted by Crippen LogP contribution is -2.09. The van der Waals surface area contributed by atoms with Gasteiger partial charge in [-0.2, -0.15) is 0 Å². The van der Waals surface area contributed by atoms with Crippen LogP contribution in [0.3, 0.4) is 0 Å². The predicted molar refractivity (Wildman–Crippen MR) is 84.5 cm³/mol. The molecule has 5 nitrogen and oxygen atoms in total. The van der Waals surface area contributed by atoms with Gasteiger partial charge in [0, 0.05) is 35.0 Å². The van der Waals surface area contributed by atoms with Crippen molar-refractivity contribution < 1.29 is 27.1 Å². The number of hydrogen-bond donors (Lipinski definition) is 1. The standard InChI is InChI=1S/C16H15F2NO4S/c1-10(20)11-2-4-15(19-24(21)22)12(8-11)6-7-23-16-5-3-13(17)9-14(16)18/h2-5,8-9,19H,6-7H2,1H3,(H,21,22)/p-1. The normalized spacial score (nSPS) is 11.8. The summed E-state index contributed by atoms with van der Waals surface area (Å²) >= 11 is -2.52. The summed E-state index contributed by atoms with van der Waals surface area (Å²) in [6, 6.07) is 7.47. The van der Waals surface area contributed by atoms with Gasteiger partial charge in [-0.1, -0.05) is 0 Å². The maximum absolute atomic E-state index is 13.5. The molecule has 0 heterocycles. The van der Waals surface area contributed by atoms with Gasteiger partial charge in [0.1, 0.15) is 5.82 Å². The fourth-order valence-corrected chi connectivity index (χ4v) is 2.45. The van der Waals surface area contributed by atoms with E-state index in [1.165, 1.54) is 25.1 Å². The van der Waals surface area contributed by atoms with E-state index in [9.17, 15) is 22.3 Å². The third-order valence-corrected chi connectivity index (χ3v) is 3.61. The van der Waals surface area contributed by atoms with Crippen molar-refractivity contribution in [3.05, 3.63) is 59.2 Å². The quantitative estimate of drug-likeness (QED) is 0.612. The van der Waals surface area contributed by atoms with Crippen molar-refractivity contribution in [2.24, 2.45) is 0 Å². The summed E-state index contributed by atoms with van der Waals surface area (Å²) in [5.41, 5.74) is 1.24. The van der Waals surface area contributed by atoms with E-state index in [4.69, 9.17) is 4.74 Å². The van der Waals surface area contributed by atoms with Crippen LogP contribution in [0.2, 0.25) is 0 Å². The SMILES string of the molecule is CC(=O)c1ccc(NS(=O)[O-])c(CCOc2ccc(F)cc2F)c1. The molecular weight excluding hydrogens is 340 g/mol. The van der Waals surface area contributed by atoms with Gasteiger partial charge in [-0.05, 0) is 42.8 Å². The number of Topliss-reactive ketones (excluding diaryl/α,β-unsaturated/α-hetero) is 1. The molecule has 2 aromatic rings. The molecule has 0 aliphatic carbocycles. The number of rotatable bonds is 7. The van der Waals surface area contributed by atoms with Gasteiger partial charge in [-0.3, -0.25) is 9.00 Å². The number of benzene rings is 2. The van der Waals surface area contributed by atoms with Crippen molar-refractivity contribution in [3.63, 3.8) is 0 Å². The molecule has 0 aliphatic heterocycles. The van der Waals surface area contributed by atoms with Crippen molar-refractivity contribution in [2.45, 2.75) is 13.3 Å². The largest absolute Gasteiger partial charge is 0.755 e. The van der Waals surface area contributed by atoms with E-state index in [2.05, 4.69) is 4.72 Å². The van der Waals surface area contributed by atoms with E-state index in [0.29, 0.717) is 22.9 Å². The zero-order chi connectivity index (χ0) is 17.7. The summed E-state index contributed by atoms with van der Waals surface area (Å²) in [5.74, 6) is -1.82. The average molecular weight is 354 g/mol. The molecule has 0 radical (unpaired) electrons. The lowest BCUT2D eigenvalue weighted by Gasteiger charge is -2.15. The number of anilines is 1. The Morgan fingerprint density at radius 2 is 2.00 bits per heavy atom. The van der Waals surface area contributed by atoms with Crippen LogP contribution in [0, 0.1) is 11.6 Å². The first kappa shape index (κ1) is 18.0. The lowest BCUT2D eigenvalue weighted by atomic mass is 10.0. The molecule has 0 saturated heterocycles. The van der Waals surface area contributed by atoms with Crippen molar-refractivity contribution in [2.75, 3.05) is 11.3 Å². The Morgan fingerprint density at radius 3 is 2.62 bits per heavy atom. The maximum atomic E-state index is 13.5. The van der Waals surface area contributed by atoms with Crippen LogP contribution in [0.5, 0.6) is 5.75 Å². The number of ether oxygens (including phenoxy) is 1. The third kappa shape index (κ3) is 4.84. The van der Waals surface area contributed by atoms with Crippen molar-refractivity contribution in [1.82, 2.24) is 0 Å². The highest BCUT2D eigenvalue weighted by atomic mass is 32.2. The van der Waals surface area contributed by atoms with E-state index < -0.39 is 22.9 Å². The van der Waals surface area contributed by atoms with Gasteiger partial charge in [-0.25, -0.2) is 8.78 Å². The molecule has 2 aromatic carbocycles. The monoisotopic (exact) mass is 354 g/mol. The molecule has 1 atom stereocenters. The van der Waals surface area contributed by atoms with Crippen LogP contribution in [0.1, 0.15) is 22.8 Å². The summed E-state index contributed by atoms with van der Waals surface area (Å²) in [6.07, 6.45) is 0.220. The fourth-order valence-electron chi connectivity index (χ4n) is 2.07. The second-order valence-electron chi connectivity index (χ2n) is 4.94. The third-order valence-electron chi connectivity index (χ3n) is 3.23. The number of halogens is 2. The minimum Gasteiger partial charge on any atom is -0.755 e. The van der Waals surface area contributed by atoms with Crippen LogP contribution < -0.4 is 9.46 Å². The number of carbonyl (C=O) groups excluding carboxylic acids is 1. The first-order valence-corrected chi connectivity index (χ1v) is 8.02. The Kier molecular flexibility index (Phi) is 5.99. The number of nitrogens with one attached hydrogen (secondary N) is 1. The van der Waals surface area contributed by atoms with E-state index >= 15 is 0 Å². The highest BCUT2D eigenvalue weighted by Gasteiger charge is 2.09. The molecule has 0 amide bonds. The molecule has 0 aromatic heterocycles. The summed E-state index contributed by atoms with van der Waals surface area (Å²) in [4.78, 5) is 11.4. The molecular formula is C16H14F2NO4S-. The molecule has 128 valence electrons. The topological polar surface area (TPSA) is 78.5 Å².